The van der Waals surface area contributed by atoms with Crippen LogP contribution in [0.5, 0.6) is 5.75 Å². The highest BCUT2D eigenvalue weighted by Gasteiger charge is 2.20. The minimum absolute atomic E-state index is 0.162. The lowest BCUT2D eigenvalue weighted by Crippen LogP contribution is -2.14. The van der Waals surface area contributed by atoms with E-state index in [4.69, 9.17) is 0 Å². The van der Waals surface area contributed by atoms with E-state index in [0.717, 1.165) is 26.7 Å². The third-order valence-corrected chi connectivity index (χ3v) is 4.82. The van der Waals surface area contributed by atoms with Crippen molar-refractivity contribution >= 4 is 32.7 Å². The summed E-state index contributed by atoms with van der Waals surface area (Å²) in [6.07, 6.45) is 5.24. The van der Waals surface area contributed by atoms with Gasteiger partial charge in [-0.1, -0.05) is 24.3 Å². The number of hydrogen-bond acceptors (Lipinski definition) is 5. The summed E-state index contributed by atoms with van der Waals surface area (Å²) in [5.41, 5.74) is 3.09. The Labute approximate surface area is 165 Å². The van der Waals surface area contributed by atoms with Gasteiger partial charge in [-0.3, -0.25) is 4.98 Å². The van der Waals surface area contributed by atoms with Crippen LogP contribution >= 0.6 is 15.9 Å². The number of nitrogens with zero attached hydrogens (tertiary/aromatic N) is 3. The van der Waals surface area contributed by atoms with E-state index >= 15 is 0 Å². The predicted octanol–water partition coefficient (Wildman–Crippen LogP) is 5.00. The number of fused-ring (bicyclic) bond motifs is 1. The van der Waals surface area contributed by atoms with Crippen molar-refractivity contribution in [1.29, 1.82) is 0 Å². The molecule has 1 unspecified atom stereocenters. The van der Waals surface area contributed by atoms with E-state index in [1.807, 2.05) is 55.5 Å². The molecule has 0 spiro atoms. The number of nitrogens with one attached hydrogen (secondary N) is 1. The maximum Gasteiger partial charge on any atom is 0.147 e. The number of hydrogen-bond donors (Lipinski definition) is 2. The number of halogens is 1. The summed E-state index contributed by atoms with van der Waals surface area (Å²) in [5, 5.41) is 15.3. The summed E-state index contributed by atoms with van der Waals surface area (Å²) in [6.45, 7) is 1.91. The molecule has 0 amide bonds. The number of aromatic nitrogens is 3. The van der Waals surface area contributed by atoms with Crippen molar-refractivity contribution in [2.75, 3.05) is 5.32 Å². The second kappa shape index (κ2) is 7.32. The fourth-order valence-electron chi connectivity index (χ4n) is 3.02. The van der Waals surface area contributed by atoms with E-state index < -0.39 is 0 Å². The van der Waals surface area contributed by atoms with Gasteiger partial charge in [0.25, 0.3) is 0 Å². The number of anilines is 1. The van der Waals surface area contributed by atoms with Crippen LogP contribution in [0.25, 0.3) is 10.9 Å². The highest BCUT2D eigenvalue weighted by molar-refractivity contribution is 9.10. The quantitative estimate of drug-likeness (QED) is 0.485. The predicted molar refractivity (Wildman–Crippen MR) is 110 cm³/mol. The Morgan fingerprint density at radius 3 is 2.63 bits per heavy atom. The topological polar surface area (TPSA) is 70.9 Å². The number of aromatic hydroxyl groups is 1. The Bertz CT molecular complexity index is 1080. The standard InChI is InChI=1S/C21H17BrN4O/c1-13-4-5-14-6-8-17(21(27)20(14)25-13)19(15-3-2-10-23-11-15)26-18-9-7-16(22)12-24-18/h2-12,19,27H,1H3,(H,24,26). The van der Waals surface area contributed by atoms with Gasteiger partial charge in [-0.15, -0.1) is 0 Å². The van der Waals surface area contributed by atoms with Gasteiger partial charge in [-0.05, 0) is 52.7 Å². The van der Waals surface area contributed by atoms with Crippen LogP contribution in [-0.2, 0) is 0 Å². The first-order chi connectivity index (χ1) is 13.1. The molecule has 4 rings (SSSR count). The van der Waals surface area contributed by atoms with Gasteiger partial charge < -0.3 is 10.4 Å². The lowest BCUT2D eigenvalue weighted by molar-refractivity contribution is 0.471. The Kier molecular flexibility index (Phi) is 4.73. The first-order valence-electron chi connectivity index (χ1n) is 8.49. The van der Waals surface area contributed by atoms with Crippen LogP contribution in [0.4, 0.5) is 5.82 Å². The summed E-state index contributed by atoms with van der Waals surface area (Å²) in [7, 11) is 0. The Balaban J connectivity index is 1.84. The Hall–Kier alpha value is -2.99. The van der Waals surface area contributed by atoms with Gasteiger partial charge >= 0.3 is 0 Å². The zero-order valence-corrected chi connectivity index (χ0v) is 16.2. The molecule has 5 nitrogen and oxygen atoms in total. The molecule has 0 bridgehead atoms. The highest BCUT2D eigenvalue weighted by Crippen LogP contribution is 2.36. The van der Waals surface area contributed by atoms with Crippen molar-refractivity contribution < 1.29 is 5.11 Å². The van der Waals surface area contributed by atoms with Crippen molar-refractivity contribution in [2.24, 2.45) is 0 Å². The molecule has 0 aliphatic rings. The molecule has 1 aromatic carbocycles. The molecule has 0 radical (unpaired) electrons. The third kappa shape index (κ3) is 3.61. The maximum atomic E-state index is 11.0. The zero-order valence-electron chi connectivity index (χ0n) is 14.6. The molecule has 0 saturated carbocycles. The Morgan fingerprint density at radius 2 is 1.89 bits per heavy atom. The lowest BCUT2D eigenvalue weighted by atomic mass is 9.97. The van der Waals surface area contributed by atoms with Gasteiger partial charge in [0, 0.05) is 39.7 Å². The zero-order chi connectivity index (χ0) is 18.8. The molecule has 0 saturated heterocycles. The SMILES string of the molecule is Cc1ccc2ccc(C(Nc3ccc(Br)cn3)c3cccnc3)c(O)c2n1. The number of pyridine rings is 3. The average molecular weight is 421 g/mol. The molecule has 0 fully saturated rings. The minimum atomic E-state index is -0.320. The number of phenolic OH excluding ortho intramolecular Hbond substituents is 1. The number of phenols is 1. The highest BCUT2D eigenvalue weighted by atomic mass is 79.9. The van der Waals surface area contributed by atoms with Crippen LogP contribution in [-0.4, -0.2) is 20.1 Å². The first kappa shape index (κ1) is 17.4. The van der Waals surface area contributed by atoms with Crippen LogP contribution in [0.15, 0.2) is 71.6 Å². The third-order valence-electron chi connectivity index (χ3n) is 4.35. The summed E-state index contributed by atoms with van der Waals surface area (Å²) >= 11 is 3.40. The fraction of sp³-hybridized carbons (Fsp3) is 0.0952. The summed E-state index contributed by atoms with van der Waals surface area (Å²) < 4.78 is 0.902. The number of rotatable bonds is 4. The van der Waals surface area contributed by atoms with Crippen molar-refractivity contribution in [2.45, 2.75) is 13.0 Å². The summed E-state index contributed by atoms with van der Waals surface area (Å²) in [6, 6.07) is 15.1. The molecule has 4 aromatic rings. The van der Waals surface area contributed by atoms with Gasteiger partial charge in [0.1, 0.15) is 17.1 Å². The minimum Gasteiger partial charge on any atom is -0.505 e. The van der Waals surface area contributed by atoms with Gasteiger partial charge in [-0.2, -0.15) is 0 Å². The number of aryl methyl sites for hydroxylation is 1. The van der Waals surface area contributed by atoms with Crippen molar-refractivity contribution in [1.82, 2.24) is 15.0 Å². The normalized spacial score (nSPS) is 12.1. The molecule has 6 heteroatoms. The second-order valence-electron chi connectivity index (χ2n) is 6.25. The van der Waals surface area contributed by atoms with Crippen LogP contribution < -0.4 is 5.32 Å². The van der Waals surface area contributed by atoms with Gasteiger partial charge in [0.15, 0.2) is 0 Å². The molecule has 2 N–H and O–H groups in total. The van der Waals surface area contributed by atoms with Crippen molar-refractivity contribution in [3.63, 3.8) is 0 Å². The molecule has 134 valence electrons. The van der Waals surface area contributed by atoms with Crippen LogP contribution in [0.3, 0.4) is 0 Å². The van der Waals surface area contributed by atoms with Gasteiger partial charge in [-0.25, -0.2) is 9.97 Å². The number of benzene rings is 1. The molecule has 3 aromatic heterocycles. The van der Waals surface area contributed by atoms with E-state index in [1.54, 1.807) is 18.6 Å². The molecule has 3 heterocycles. The average Bonchev–Trinajstić information content (AvgIpc) is 2.69. The summed E-state index contributed by atoms with van der Waals surface area (Å²) in [4.78, 5) is 13.1. The molecule has 0 aliphatic carbocycles. The van der Waals surface area contributed by atoms with E-state index in [-0.39, 0.29) is 11.8 Å². The molecular formula is C21H17BrN4O. The smallest absolute Gasteiger partial charge is 0.147 e. The van der Waals surface area contributed by atoms with Crippen molar-refractivity contribution in [3.8, 4) is 5.75 Å². The van der Waals surface area contributed by atoms with E-state index in [9.17, 15) is 5.11 Å². The fourth-order valence-corrected chi connectivity index (χ4v) is 3.25. The second-order valence-corrected chi connectivity index (χ2v) is 7.17. The lowest BCUT2D eigenvalue weighted by Gasteiger charge is -2.21. The van der Waals surface area contributed by atoms with E-state index in [0.29, 0.717) is 11.3 Å². The summed E-state index contributed by atoms with van der Waals surface area (Å²) in [5.74, 6) is 0.860. The monoisotopic (exact) mass is 420 g/mol. The van der Waals surface area contributed by atoms with E-state index in [1.165, 1.54) is 0 Å². The molecular weight excluding hydrogens is 404 g/mol. The first-order valence-corrected chi connectivity index (χ1v) is 9.28. The van der Waals surface area contributed by atoms with Crippen LogP contribution in [0, 0.1) is 6.92 Å². The van der Waals surface area contributed by atoms with Crippen molar-refractivity contribution in [3.05, 3.63) is 88.4 Å². The molecule has 27 heavy (non-hydrogen) atoms. The van der Waals surface area contributed by atoms with Crippen LogP contribution in [0.1, 0.15) is 22.9 Å². The maximum absolute atomic E-state index is 11.0. The largest absolute Gasteiger partial charge is 0.505 e. The van der Waals surface area contributed by atoms with Gasteiger partial charge in [0.2, 0.25) is 0 Å². The molecule has 1 atom stereocenters. The van der Waals surface area contributed by atoms with Crippen LogP contribution in [0.2, 0.25) is 0 Å². The van der Waals surface area contributed by atoms with Gasteiger partial charge in [0.05, 0.1) is 6.04 Å². The Morgan fingerprint density at radius 1 is 1.04 bits per heavy atom. The molecule has 0 aliphatic heterocycles. The van der Waals surface area contributed by atoms with E-state index in [2.05, 4.69) is 36.2 Å².